The van der Waals surface area contributed by atoms with Crippen LogP contribution < -0.4 is 16.0 Å². The zero-order valence-corrected chi connectivity index (χ0v) is 11.9. The Morgan fingerprint density at radius 1 is 1.24 bits per heavy atom. The Labute approximate surface area is 121 Å². The summed E-state index contributed by atoms with van der Waals surface area (Å²) in [5.74, 6) is 4.13. The van der Waals surface area contributed by atoms with E-state index in [2.05, 4.69) is 15.4 Å². The van der Waals surface area contributed by atoms with Crippen molar-refractivity contribution in [3.05, 3.63) is 41.2 Å². The van der Waals surface area contributed by atoms with Crippen molar-refractivity contribution < 1.29 is 13.5 Å². The van der Waals surface area contributed by atoms with E-state index in [4.69, 9.17) is 10.6 Å². The molecule has 0 saturated heterocycles. The monoisotopic (exact) mass is 294 g/mol. The van der Waals surface area contributed by atoms with Gasteiger partial charge in [0.15, 0.2) is 17.4 Å². The van der Waals surface area contributed by atoms with Crippen LogP contribution in [0.2, 0.25) is 0 Å². The van der Waals surface area contributed by atoms with Gasteiger partial charge in [-0.15, -0.1) is 0 Å². The van der Waals surface area contributed by atoms with Gasteiger partial charge in [-0.2, -0.15) is 9.37 Å². The standard InChI is InChI=1S/C14H16F2N4O/c1-7(2)12-18-13(20-17)8(3)14(19-12)21-10-6-4-5-9(15)11(10)16/h4-7H,17H2,1-3H3,(H,18,19,20). The van der Waals surface area contributed by atoms with Gasteiger partial charge in [-0.25, -0.2) is 15.2 Å². The van der Waals surface area contributed by atoms with E-state index in [0.717, 1.165) is 6.07 Å². The van der Waals surface area contributed by atoms with Gasteiger partial charge in [0.05, 0.1) is 5.56 Å². The lowest BCUT2D eigenvalue weighted by molar-refractivity contribution is 0.400. The molecular weight excluding hydrogens is 278 g/mol. The third-order valence-corrected chi connectivity index (χ3v) is 2.89. The summed E-state index contributed by atoms with van der Waals surface area (Å²) in [4.78, 5) is 8.47. The highest BCUT2D eigenvalue weighted by molar-refractivity contribution is 5.49. The minimum Gasteiger partial charge on any atom is -0.435 e. The average Bonchev–Trinajstić information content (AvgIpc) is 2.45. The Balaban J connectivity index is 2.48. The highest BCUT2D eigenvalue weighted by atomic mass is 19.2. The summed E-state index contributed by atoms with van der Waals surface area (Å²) < 4.78 is 32.3. The molecule has 3 N–H and O–H groups in total. The maximum atomic E-state index is 13.7. The van der Waals surface area contributed by atoms with Gasteiger partial charge in [0.25, 0.3) is 0 Å². The van der Waals surface area contributed by atoms with E-state index in [-0.39, 0.29) is 17.5 Å². The van der Waals surface area contributed by atoms with Crippen molar-refractivity contribution >= 4 is 5.82 Å². The minimum absolute atomic E-state index is 0.0254. The molecular formula is C14H16F2N4O. The Morgan fingerprint density at radius 2 is 1.95 bits per heavy atom. The van der Waals surface area contributed by atoms with Crippen LogP contribution in [0.5, 0.6) is 11.6 Å². The number of rotatable bonds is 4. The highest BCUT2D eigenvalue weighted by Gasteiger charge is 2.17. The molecule has 5 nitrogen and oxygen atoms in total. The molecule has 1 heterocycles. The van der Waals surface area contributed by atoms with Gasteiger partial charge >= 0.3 is 0 Å². The lowest BCUT2D eigenvalue weighted by Crippen LogP contribution is -2.13. The van der Waals surface area contributed by atoms with Crippen molar-refractivity contribution in [2.75, 3.05) is 5.43 Å². The molecule has 0 bridgehead atoms. The Kier molecular flexibility index (Phi) is 4.32. The van der Waals surface area contributed by atoms with E-state index in [1.54, 1.807) is 6.92 Å². The number of nitrogens with two attached hydrogens (primary N) is 1. The van der Waals surface area contributed by atoms with Crippen LogP contribution >= 0.6 is 0 Å². The molecule has 112 valence electrons. The van der Waals surface area contributed by atoms with E-state index in [9.17, 15) is 8.78 Å². The lowest BCUT2D eigenvalue weighted by atomic mass is 10.2. The molecule has 2 rings (SSSR count). The molecule has 2 aromatic rings. The Hall–Kier alpha value is -2.28. The molecule has 1 aromatic carbocycles. The molecule has 0 unspecified atom stereocenters. The van der Waals surface area contributed by atoms with Crippen molar-refractivity contribution in [3.63, 3.8) is 0 Å². The van der Waals surface area contributed by atoms with Crippen LogP contribution in [-0.2, 0) is 0 Å². The lowest BCUT2D eigenvalue weighted by Gasteiger charge is -2.14. The number of halogens is 2. The molecule has 0 atom stereocenters. The molecule has 0 amide bonds. The second-order valence-electron chi connectivity index (χ2n) is 4.81. The number of anilines is 1. The van der Waals surface area contributed by atoms with Crippen LogP contribution in [0.3, 0.4) is 0 Å². The largest absolute Gasteiger partial charge is 0.435 e. The number of nitrogens with zero attached hydrogens (tertiary/aromatic N) is 2. The molecule has 0 spiro atoms. The SMILES string of the molecule is Cc1c(NN)nc(C(C)C)nc1Oc1cccc(F)c1F. The first-order chi connectivity index (χ1) is 9.93. The molecule has 7 heteroatoms. The normalized spacial score (nSPS) is 10.8. The number of hydrogen-bond acceptors (Lipinski definition) is 5. The van der Waals surface area contributed by atoms with E-state index in [0.29, 0.717) is 17.2 Å². The molecule has 0 aliphatic heterocycles. The zero-order chi connectivity index (χ0) is 15.6. The summed E-state index contributed by atoms with van der Waals surface area (Å²) in [5.41, 5.74) is 2.95. The second-order valence-corrected chi connectivity index (χ2v) is 4.81. The van der Waals surface area contributed by atoms with Crippen LogP contribution in [-0.4, -0.2) is 9.97 Å². The van der Waals surface area contributed by atoms with Crippen molar-refractivity contribution in [1.29, 1.82) is 0 Å². The minimum atomic E-state index is -1.07. The fourth-order valence-electron chi connectivity index (χ4n) is 1.68. The summed E-state index contributed by atoms with van der Waals surface area (Å²) >= 11 is 0. The van der Waals surface area contributed by atoms with Gasteiger partial charge in [0.1, 0.15) is 5.82 Å². The van der Waals surface area contributed by atoms with E-state index in [1.165, 1.54) is 12.1 Å². The van der Waals surface area contributed by atoms with Crippen LogP contribution in [0, 0.1) is 18.6 Å². The van der Waals surface area contributed by atoms with Crippen molar-refractivity contribution in [2.45, 2.75) is 26.7 Å². The van der Waals surface area contributed by atoms with Crippen molar-refractivity contribution in [3.8, 4) is 11.6 Å². The van der Waals surface area contributed by atoms with Crippen LogP contribution in [0.15, 0.2) is 18.2 Å². The Bertz CT molecular complexity index is 662. The first-order valence-electron chi connectivity index (χ1n) is 6.41. The fourth-order valence-corrected chi connectivity index (χ4v) is 1.68. The van der Waals surface area contributed by atoms with Gasteiger partial charge in [0.2, 0.25) is 11.7 Å². The fraction of sp³-hybridized carbons (Fsp3) is 0.286. The summed E-state index contributed by atoms with van der Waals surface area (Å²) in [6, 6.07) is 3.70. The third-order valence-electron chi connectivity index (χ3n) is 2.89. The quantitative estimate of drug-likeness (QED) is 0.669. The molecule has 0 radical (unpaired) electrons. The van der Waals surface area contributed by atoms with Gasteiger partial charge < -0.3 is 10.2 Å². The number of aromatic nitrogens is 2. The molecule has 1 aromatic heterocycles. The summed E-state index contributed by atoms with van der Waals surface area (Å²) in [5, 5.41) is 0. The zero-order valence-electron chi connectivity index (χ0n) is 11.9. The maximum absolute atomic E-state index is 13.7. The first kappa shape index (κ1) is 15.1. The molecule has 21 heavy (non-hydrogen) atoms. The number of hydrazine groups is 1. The van der Waals surface area contributed by atoms with Crippen LogP contribution in [0.4, 0.5) is 14.6 Å². The van der Waals surface area contributed by atoms with Crippen LogP contribution in [0.1, 0.15) is 31.2 Å². The number of nitrogen functional groups attached to an aromatic ring is 1. The van der Waals surface area contributed by atoms with E-state index < -0.39 is 11.6 Å². The summed E-state index contributed by atoms with van der Waals surface area (Å²) in [6.45, 7) is 5.47. The summed E-state index contributed by atoms with van der Waals surface area (Å²) in [7, 11) is 0. The molecule has 0 aliphatic rings. The maximum Gasteiger partial charge on any atom is 0.227 e. The topological polar surface area (TPSA) is 73.1 Å². The van der Waals surface area contributed by atoms with Crippen molar-refractivity contribution in [1.82, 2.24) is 9.97 Å². The summed E-state index contributed by atoms with van der Waals surface area (Å²) in [6.07, 6.45) is 0. The number of benzene rings is 1. The van der Waals surface area contributed by atoms with Gasteiger partial charge in [0, 0.05) is 5.92 Å². The van der Waals surface area contributed by atoms with Gasteiger partial charge in [-0.05, 0) is 19.1 Å². The molecule has 0 saturated carbocycles. The third kappa shape index (κ3) is 3.08. The van der Waals surface area contributed by atoms with E-state index >= 15 is 0 Å². The molecule has 0 fully saturated rings. The first-order valence-corrected chi connectivity index (χ1v) is 6.41. The van der Waals surface area contributed by atoms with Gasteiger partial charge in [-0.3, -0.25) is 0 Å². The van der Waals surface area contributed by atoms with E-state index in [1.807, 2.05) is 13.8 Å². The molecule has 0 aliphatic carbocycles. The number of ether oxygens (including phenoxy) is 1. The highest BCUT2D eigenvalue weighted by Crippen LogP contribution is 2.30. The Morgan fingerprint density at radius 3 is 2.57 bits per heavy atom. The predicted molar refractivity (Wildman–Crippen MR) is 75.1 cm³/mol. The number of hydrogen-bond donors (Lipinski definition) is 2. The number of nitrogens with one attached hydrogen (secondary N) is 1. The van der Waals surface area contributed by atoms with Gasteiger partial charge in [-0.1, -0.05) is 19.9 Å². The van der Waals surface area contributed by atoms with Crippen molar-refractivity contribution in [2.24, 2.45) is 5.84 Å². The second kappa shape index (κ2) is 6.01. The predicted octanol–water partition coefficient (Wildman–Crippen LogP) is 3.26. The van der Waals surface area contributed by atoms with Crippen LogP contribution in [0.25, 0.3) is 0 Å². The smallest absolute Gasteiger partial charge is 0.227 e. The average molecular weight is 294 g/mol.